The Balaban J connectivity index is 0.000000534. The minimum atomic E-state index is -4.16. The van der Waals surface area contributed by atoms with Crippen molar-refractivity contribution >= 4 is 48.5 Å². The monoisotopic (exact) mass is 483 g/mol. The average molecular weight is 484 g/mol. The number of aryl methyl sites for hydroxylation is 1. The molecule has 0 saturated heterocycles. The summed E-state index contributed by atoms with van der Waals surface area (Å²) in [5, 5.41) is 18.7. The molecular weight excluding hydrogens is 456 g/mol. The van der Waals surface area contributed by atoms with Gasteiger partial charge in [-0.3, -0.25) is 8.74 Å². The van der Waals surface area contributed by atoms with Crippen molar-refractivity contribution in [2.45, 2.75) is 6.92 Å². The van der Waals surface area contributed by atoms with E-state index in [0.717, 1.165) is 46.1 Å². The number of likely N-dealkylation sites (N-methyl/N-ethyl adjacent to an activating group) is 1. The molecule has 3 rings (SSSR count). The van der Waals surface area contributed by atoms with Gasteiger partial charge in [-0.1, -0.05) is 0 Å². The molecule has 0 bridgehead atoms. The highest BCUT2D eigenvalue weighted by molar-refractivity contribution is 7.80. The van der Waals surface area contributed by atoms with Crippen LogP contribution in [0.1, 0.15) is 6.92 Å². The van der Waals surface area contributed by atoms with Crippen molar-refractivity contribution < 1.29 is 31.6 Å². The third-order valence-corrected chi connectivity index (χ3v) is 5.95. The van der Waals surface area contributed by atoms with Gasteiger partial charge in [0.25, 0.3) is 0 Å². The Labute approximate surface area is 191 Å². The number of thiazole rings is 1. The van der Waals surface area contributed by atoms with Crippen molar-refractivity contribution in [2.75, 3.05) is 38.8 Å². The highest BCUT2D eigenvalue weighted by atomic mass is 32.3. The van der Waals surface area contributed by atoms with Gasteiger partial charge in [-0.05, 0) is 59.8 Å². The van der Waals surface area contributed by atoms with E-state index in [1.54, 1.807) is 18.4 Å². The first kappa shape index (κ1) is 25.6. The van der Waals surface area contributed by atoms with Gasteiger partial charge in [-0.25, -0.2) is 4.57 Å². The SMILES string of the molecule is CCN(CCO)c1ccc(N=Nc2sc3cc(OC)ccc3[n+]2C)cc1.COS(=O)(=O)O. The molecule has 12 heteroatoms. The number of rotatable bonds is 8. The first-order valence-corrected chi connectivity index (χ1v) is 11.8. The standard InChI is InChI=1S/C19H23N4O2S.CH4O4S/c1-4-23(11-12-24)15-7-5-14(6-8-15)20-21-19-22(2)17-10-9-16(25-3)13-18(17)26-19;1-5-6(2,3)4/h5-10,13,24H,4,11-12H2,1-3H3;1H3,(H,2,3,4)/q+1;. The maximum Gasteiger partial charge on any atom is 0.409 e. The molecule has 0 radical (unpaired) electrons. The lowest BCUT2D eigenvalue weighted by Crippen LogP contribution is -2.25. The number of benzene rings is 2. The molecule has 0 atom stereocenters. The zero-order valence-electron chi connectivity index (χ0n) is 18.3. The van der Waals surface area contributed by atoms with Crippen molar-refractivity contribution in [3.63, 3.8) is 0 Å². The number of azo groups is 1. The van der Waals surface area contributed by atoms with Gasteiger partial charge in [-0.2, -0.15) is 8.42 Å². The third kappa shape index (κ3) is 7.21. The normalized spacial score (nSPS) is 11.4. The van der Waals surface area contributed by atoms with Crippen LogP contribution in [0.2, 0.25) is 0 Å². The van der Waals surface area contributed by atoms with Crippen molar-refractivity contribution in [1.29, 1.82) is 0 Å². The van der Waals surface area contributed by atoms with Crippen molar-refractivity contribution in [3.05, 3.63) is 42.5 Å². The maximum atomic E-state index is 9.33. The Morgan fingerprint density at radius 1 is 1.12 bits per heavy atom. The lowest BCUT2D eigenvalue weighted by atomic mass is 10.2. The summed E-state index contributed by atoms with van der Waals surface area (Å²) in [6.45, 7) is 3.68. The number of hydrogen-bond donors (Lipinski definition) is 2. The number of fused-ring (bicyclic) bond motifs is 1. The van der Waals surface area contributed by atoms with Crippen LogP contribution in [0.5, 0.6) is 5.75 Å². The van der Waals surface area contributed by atoms with E-state index >= 15 is 0 Å². The molecule has 1 aromatic heterocycles. The molecule has 0 spiro atoms. The number of hydrogen-bond acceptors (Lipinski definition) is 9. The number of aliphatic hydroxyl groups is 1. The lowest BCUT2D eigenvalue weighted by Gasteiger charge is -2.21. The van der Waals surface area contributed by atoms with Crippen LogP contribution in [-0.4, -0.2) is 52.0 Å². The summed E-state index contributed by atoms with van der Waals surface area (Å²) in [4.78, 5) is 2.11. The summed E-state index contributed by atoms with van der Waals surface area (Å²) in [5.41, 5.74) is 2.96. The first-order chi connectivity index (χ1) is 15.2. The van der Waals surface area contributed by atoms with Crippen LogP contribution in [0.15, 0.2) is 52.7 Å². The highest BCUT2D eigenvalue weighted by Crippen LogP contribution is 2.30. The molecule has 174 valence electrons. The average Bonchev–Trinajstić information content (AvgIpc) is 3.11. The van der Waals surface area contributed by atoms with E-state index in [0.29, 0.717) is 6.54 Å². The first-order valence-electron chi connectivity index (χ1n) is 9.59. The number of ether oxygens (including phenoxy) is 1. The van der Waals surface area contributed by atoms with Gasteiger partial charge in [0.1, 0.15) is 17.0 Å². The summed E-state index contributed by atoms with van der Waals surface area (Å²) in [7, 11) is 0.357. The lowest BCUT2D eigenvalue weighted by molar-refractivity contribution is -0.627. The largest absolute Gasteiger partial charge is 0.497 e. The van der Waals surface area contributed by atoms with Crippen LogP contribution >= 0.6 is 11.3 Å². The fourth-order valence-corrected chi connectivity index (χ4v) is 3.76. The summed E-state index contributed by atoms with van der Waals surface area (Å²) >= 11 is 1.58. The molecular formula is C20H27N4O6S2+. The summed E-state index contributed by atoms with van der Waals surface area (Å²) in [6, 6.07) is 13.9. The van der Waals surface area contributed by atoms with Gasteiger partial charge in [0.2, 0.25) is 0 Å². The number of methoxy groups -OCH3 is 1. The van der Waals surface area contributed by atoms with E-state index in [2.05, 4.69) is 26.2 Å². The molecule has 0 saturated carbocycles. The molecule has 0 fully saturated rings. The van der Waals surface area contributed by atoms with Crippen LogP contribution < -0.4 is 14.2 Å². The molecule has 0 unspecified atom stereocenters. The van der Waals surface area contributed by atoms with Gasteiger partial charge in [-0.15, -0.1) is 0 Å². The molecule has 0 aliphatic rings. The maximum absolute atomic E-state index is 9.33. The highest BCUT2D eigenvalue weighted by Gasteiger charge is 2.16. The predicted molar refractivity (Wildman–Crippen MR) is 124 cm³/mol. The molecule has 2 N–H and O–H groups in total. The van der Waals surface area contributed by atoms with Crippen molar-refractivity contribution in [2.24, 2.45) is 17.3 Å². The Morgan fingerprint density at radius 2 is 1.78 bits per heavy atom. The van der Waals surface area contributed by atoms with Gasteiger partial charge in [0, 0.05) is 24.8 Å². The Bertz CT molecular complexity index is 1150. The van der Waals surface area contributed by atoms with Crippen LogP contribution in [0.4, 0.5) is 16.5 Å². The van der Waals surface area contributed by atoms with E-state index in [1.807, 2.05) is 54.1 Å². The second-order valence-corrected chi connectivity index (χ2v) is 8.59. The molecule has 2 aromatic carbocycles. The van der Waals surface area contributed by atoms with Gasteiger partial charge in [0.05, 0.1) is 37.7 Å². The van der Waals surface area contributed by atoms with Crippen LogP contribution in [0, 0.1) is 0 Å². The van der Waals surface area contributed by atoms with Crippen LogP contribution in [0.3, 0.4) is 0 Å². The number of aromatic nitrogens is 1. The molecule has 0 amide bonds. The minimum Gasteiger partial charge on any atom is -0.497 e. The number of aliphatic hydroxyl groups excluding tert-OH is 1. The second-order valence-electron chi connectivity index (χ2n) is 6.39. The van der Waals surface area contributed by atoms with Crippen LogP contribution in [0.25, 0.3) is 10.2 Å². The quantitative estimate of drug-likeness (QED) is 0.286. The fraction of sp³-hybridized carbons (Fsp3) is 0.350. The van der Waals surface area contributed by atoms with E-state index in [1.165, 1.54) is 0 Å². The third-order valence-electron chi connectivity index (χ3n) is 4.44. The molecule has 0 aliphatic heterocycles. The van der Waals surface area contributed by atoms with E-state index in [9.17, 15) is 8.42 Å². The topological polar surface area (TPSA) is 125 Å². The van der Waals surface area contributed by atoms with E-state index in [-0.39, 0.29) is 6.61 Å². The second kappa shape index (κ2) is 11.8. The fourth-order valence-electron chi connectivity index (χ4n) is 2.76. The minimum absolute atomic E-state index is 0.141. The van der Waals surface area contributed by atoms with Crippen molar-refractivity contribution in [1.82, 2.24) is 0 Å². The Hall–Kier alpha value is -2.64. The van der Waals surface area contributed by atoms with Gasteiger partial charge < -0.3 is 14.7 Å². The number of anilines is 1. The van der Waals surface area contributed by atoms with Gasteiger partial charge in [0.15, 0.2) is 0 Å². The predicted octanol–water partition coefficient (Wildman–Crippen LogP) is 3.40. The van der Waals surface area contributed by atoms with E-state index in [4.69, 9.17) is 14.4 Å². The summed E-state index contributed by atoms with van der Waals surface area (Å²) in [6.07, 6.45) is 0. The molecule has 10 nitrogen and oxygen atoms in total. The molecule has 0 aliphatic carbocycles. The summed E-state index contributed by atoms with van der Waals surface area (Å²) < 4.78 is 38.1. The molecule has 3 aromatic rings. The Kier molecular flexibility index (Phi) is 9.47. The zero-order chi connectivity index (χ0) is 23.7. The van der Waals surface area contributed by atoms with E-state index < -0.39 is 10.4 Å². The molecule has 1 heterocycles. The van der Waals surface area contributed by atoms with Crippen LogP contribution in [-0.2, 0) is 21.6 Å². The Morgan fingerprint density at radius 3 is 2.31 bits per heavy atom. The molecule has 32 heavy (non-hydrogen) atoms. The zero-order valence-corrected chi connectivity index (χ0v) is 19.9. The number of nitrogens with zero attached hydrogens (tertiary/aromatic N) is 4. The van der Waals surface area contributed by atoms with Crippen molar-refractivity contribution in [3.8, 4) is 5.75 Å². The smallest absolute Gasteiger partial charge is 0.409 e. The van der Waals surface area contributed by atoms with Gasteiger partial charge >= 0.3 is 15.5 Å². The summed E-state index contributed by atoms with van der Waals surface area (Å²) in [5.74, 6) is 0.835.